The summed E-state index contributed by atoms with van der Waals surface area (Å²) in [7, 11) is 0. The maximum atomic E-state index is 12.2. The van der Waals surface area contributed by atoms with E-state index in [2.05, 4.69) is 0 Å². The van der Waals surface area contributed by atoms with Crippen LogP contribution in [0.25, 0.3) is 0 Å². The SMILES string of the molecule is O=CN(C(=O)O)C1CC(F)(F)C1. The number of carbonyl (C=O) groups is 2. The van der Waals surface area contributed by atoms with Gasteiger partial charge in [-0.3, -0.25) is 4.79 Å². The molecule has 0 radical (unpaired) electrons. The van der Waals surface area contributed by atoms with Crippen molar-refractivity contribution < 1.29 is 23.5 Å². The lowest BCUT2D eigenvalue weighted by Gasteiger charge is -2.38. The molecule has 1 saturated carbocycles. The van der Waals surface area contributed by atoms with Crippen LogP contribution < -0.4 is 0 Å². The van der Waals surface area contributed by atoms with Gasteiger partial charge >= 0.3 is 6.09 Å². The van der Waals surface area contributed by atoms with E-state index in [0.717, 1.165) is 0 Å². The molecule has 68 valence electrons. The molecule has 0 saturated heterocycles. The van der Waals surface area contributed by atoms with E-state index in [1.54, 1.807) is 0 Å². The first kappa shape index (κ1) is 8.89. The van der Waals surface area contributed by atoms with E-state index in [-0.39, 0.29) is 6.41 Å². The normalized spacial score (nSPS) is 21.2. The van der Waals surface area contributed by atoms with Gasteiger partial charge in [0.2, 0.25) is 6.41 Å². The molecule has 4 nitrogen and oxygen atoms in total. The van der Waals surface area contributed by atoms with Crippen molar-refractivity contribution >= 4 is 12.5 Å². The van der Waals surface area contributed by atoms with Gasteiger partial charge in [0.15, 0.2) is 0 Å². The third-order valence-electron chi connectivity index (χ3n) is 1.80. The first-order chi connectivity index (χ1) is 5.46. The van der Waals surface area contributed by atoms with Crippen LogP contribution in [0.4, 0.5) is 13.6 Å². The lowest BCUT2D eigenvalue weighted by Crippen LogP contribution is -2.52. The molecule has 1 fully saturated rings. The third-order valence-corrected chi connectivity index (χ3v) is 1.80. The molecule has 2 amide bonds. The fraction of sp³-hybridized carbons (Fsp3) is 0.667. The predicted octanol–water partition coefficient (Wildman–Crippen LogP) is 0.921. The van der Waals surface area contributed by atoms with Gasteiger partial charge in [-0.15, -0.1) is 0 Å². The third kappa shape index (κ3) is 1.51. The number of hydrogen-bond acceptors (Lipinski definition) is 2. The highest BCUT2D eigenvalue weighted by atomic mass is 19.3. The fourth-order valence-corrected chi connectivity index (χ4v) is 1.11. The molecule has 12 heavy (non-hydrogen) atoms. The summed E-state index contributed by atoms with van der Waals surface area (Å²) >= 11 is 0. The van der Waals surface area contributed by atoms with Gasteiger partial charge in [0, 0.05) is 12.8 Å². The summed E-state index contributed by atoms with van der Waals surface area (Å²) in [6.45, 7) is 0. The Morgan fingerprint density at radius 2 is 2.08 bits per heavy atom. The maximum absolute atomic E-state index is 12.2. The van der Waals surface area contributed by atoms with Crippen LogP contribution in [0.3, 0.4) is 0 Å². The van der Waals surface area contributed by atoms with Gasteiger partial charge in [-0.1, -0.05) is 0 Å². The zero-order valence-corrected chi connectivity index (χ0v) is 6.04. The van der Waals surface area contributed by atoms with Gasteiger partial charge in [-0.25, -0.2) is 18.5 Å². The monoisotopic (exact) mass is 179 g/mol. The van der Waals surface area contributed by atoms with E-state index < -0.39 is 30.9 Å². The van der Waals surface area contributed by atoms with E-state index in [1.165, 1.54) is 0 Å². The number of imide groups is 1. The zero-order chi connectivity index (χ0) is 9.35. The Labute approximate surface area is 66.8 Å². The molecule has 0 aromatic heterocycles. The standard InChI is InChI=1S/C6H7F2NO3/c7-6(8)1-4(2-6)9(3-10)5(11)12/h3-4H,1-2H2,(H,11,12). The molecular formula is C6H7F2NO3. The van der Waals surface area contributed by atoms with Crippen LogP contribution in [0.1, 0.15) is 12.8 Å². The van der Waals surface area contributed by atoms with Gasteiger partial charge in [-0.2, -0.15) is 0 Å². The van der Waals surface area contributed by atoms with E-state index >= 15 is 0 Å². The highest BCUT2D eigenvalue weighted by Gasteiger charge is 2.49. The summed E-state index contributed by atoms with van der Waals surface area (Å²) in [6, 6.07) is -0.852. The Morgan fingerprint density at radius 1 is 1.58 bits per heavy atom. The fourth-order valence-electron chi connectivity index (χ4n) is 1.11. The molecule has 1 rings (SSSR count). The number of hydrogen-bond donors (Lipinski definition) is 1. The van der Waals surface area contributed by atoms with Crippen molar-refractivity contribution in [1.82, 2.24) is 4.90 Å². The first-order valence-corrected chi connectivity index (χ1v) is 3.31. The molecule has 1 N–H and O–H groups in total. The van der Waals surface area contributed by atoms with Gasteiger partial charge in [0.25, 0.3) is 5.92 Å². The van der Waals surface area contributed by atoms with Crippen molar-refractivity contribution in [2.75, 3.05) is 0 Å². The molecule has 1 aliphatic rings. The topological polar surface area (TPSA) is 57.6 Å². The second kappa shape index (κ2) is 2.69. The summed E-state index contributed by atoms with van der Waals surface area (Å²) in [4.78, 5) is 20.7. The van der Waals surface area contributed by atoms with Crippen molar-refractivity contribution in [2.24, 2.45) is 0 Å². The average molecular weight is 179 g/mol. The molecule has 0 aliphatic heterocycles. The Morgan fingerprint density at radius 3 is 2.33 bits per heavy atom. The van der Waals surface area contributed by atoms with E-state index in [4.69, 9.17) is 5.11 Å². The van der Waals surface area contributed by atoms with Crippen LogP contribution in [0, 0.1) is 0 Å². The minimum Gasteiger partial charge on any atom is -0.465 e. The van der Waals surface area contributed by atoms with Crippen molar-refractivity contribution in [2.45, 2.75) is 24.8 Å². The molecule has 1 aliphatic carbocycles. The van der Waals surface area contributed by atoms with E-state index in [9.17, 15) is 18.4 Å². The van der Waals surface area contributed by atoms with Crippen LogP contribution in [-0.2, 0) is 4.79 Å². The summed E-state index contributed by atoms with van der Waals surface area (Å²) in [5.41, 5.74) is 0. The minimum atomic E-state index is -2.80. The summed E-state index contributed by atoms with van der Waals surface area (Å²) in [6.07, 6.45) is -2.54. The van der Waals surface area contributed by atoms with Gasteiger partial charge < -0.3 is 5.11 Å². The predicted molar refractivity (Wildman–Crippen MR) is 33.9 cm³/mol. The minimum absolute atomic E-state index is 0.0578. The molecule has 0 aromatic carbocycles. The van der Waals surface area contributed by atoms with Crippen molar-refractivity contribution in [3.05, 3.63) is 0 Å². The Kier molecular flexibility index (Phi) is 1.99. The smallest absolute Gasteiger partial charge is 0.414 e. The first-order valence-electron chi connectivity index (χ1n) is 3.31. The van der Waals surface area contributed by atoms with Crippen LogP contribution in [-0.4, -0.2) is 34.5 Å². The average Bonchev–Trinajstić information content (AvgIpc) is 1.84. The van der Waals surface area contributed by atoms with E-state index in [0.29, 0.717) is 4.90 Å². The molecule has 0 aromatic rings. The summed E-state index contributed by atoms with van der Waals surface area (Å²) in [5.74, 6) is -2.80. The number of carbonyl (C=O) groups excluding carboxylic acids is 1. The molecule has 0 atom stereocenters. The number of nitrogens with zero attached hydrogens (tertiary/aromatic N) is 1. The lowest BCUT2D eigenvalue weighted by molar-refractivity contribution is -0.137. The van der Waals surface area contributed by atoms with Crippen molar-refractivity contribution in [1.29, 1.82) is 0 Å². The largest absolute Gasteiger partial charge is 0.465 e. The van der Waals surface area contributed by atoms with Gasteiger partial charge in [0.05, 0.1) is 6.04 Å². The molecular weight excluding hydrogens is 172 g/mol. The zero-order valence-electron chi connectivity index (χ0n) is 6.04. The van der Waals surface area contributed by atoms with Crippen molar-refractivity contribution in [3.63, 3.8) is 0 Å². The van der Waals surface area contributed by atoms with Crippen LogP contribution in [0.15, 0.2) is 0 Å². The van der Waals surface area contributed by atoms with Crippen LogP contribution in [0.2, 0.25) is 0 Å². The van der Waals surface area contributed by atoms with Gasteiger partial charge in [-0.05, 0) is 0 Å². The van der Waals surface area contributed by atoms with Crippen LogP contribution >= 0.6 is 0 Å². The highest BCUT2D eigenvalue weighted by molar-refractivity contribution is 5.79. The Hall–Kier alpha value is -1.20. The second-order valence-corrected chi connectivity index (χ2v) is 2.71. The molecule has 0 unspecified atom stereocenters. The highest BCUT2D eigenvalue weighted by Crippen LogP contribution is 2.39. The number of carboxylic acid groups (broad SMARTS) is 1. The molecule has 0 bridgehead atoms. The summed E-state index contributed by atoms with van der Waals surface area (Å²) < 4.78 is 24.4. The van der Waals surface area contributed by atoms with E-state index in [1.807, 2.05) is 0 Å². The summed E-state index contributed by atoms with van der Waals surface area (Å²) in [5, 5.41) is 8.33. The number of alkyl halides is 2. The quantitative estimate of drug-likeness (QED) is 0.641. The van der Waals surface area contributed by atoms with Crippen molar-refractivity contribution in [3.8, 4) is 0 Å². The maximum Gasteiger partial charge on any atom is 0.414 e. The number of amides is 2. The Bertz CT molecular complexity index is 211. The number of rotatable bonds is 2. The second-order valence-electron chi connectivity index (χ2n) is 2.71. The van der Waals surface area contributed by atoms with Gasteiger partial charge in [0.1, 0.15) is 0 Å². The Balaban J connectivity index is 2.50. The molecule has 6 heteroatoms. The molecule has 0 spiro atoms. The molecule has 0 heterocycles. The lowest BCUT2D eigenvalue weighted by atomic mass is 9.87. The number of halogens is 2. The van der Waals surface area contributed by atoms with Crippen LogP contribution in [0.5, 0.6) is 0 Å².